The molecule has 0 aromatic carbocycles. The van der Waals surface area contributed by atoms with Crippen LogP contribution in [-0.4, -0.2) is 123 Å². The molecule has 0 spiro atoms. The van der Waals surface area contributed by atoms with Crippen LogP contribution in [0.2, 0.25) is 18.1 Å². The van der Waals surface area contributed by atoms with Crippen molar-refractivity contribution in [3.8, 4) is 0 Å². The highest BCUT2D eigenvalue weighted by Gasteiger charge is 2.48. The molecule has 0 aliphatic heterocycles. The number of carbonyl (C=O) groups excluding carboxylic acids is 5. The Morgan fingerprint density at radius 2 is 1.33 bits per heavy atom. The lowest BCUT2D eigenvalue weighted by atomic mass is 9.90. The number of carbonyl (C=O) groups is 5. The van der Waals surface area contributed by atoms with E-state index in [0.29, 0.717) is 44.4 Å². The van der Waals surface area contributed by atoms with E-state index in [9.17, 15) is 29.1 Å². The lowest BCUT2D eigenvalue weighted by molar-refractivity contribution is -0.155. The van der Waals surface area contributed by atoms with Crippen molar-refractivity contribution in [1.82, 2.24) is 25.3 Å². The Morgan fingerprint density at radius 3 is 1.75 bits per heavy atom. The average Bonchev–Trinajstić information content (AvgIpc) is 3.04. The van der Waals surface area contributed by atoms with Crippen molar-refractivity contribution in [3.63, 3.8) is 0 Å². The second-order valence-corrected chi connectivity index (χ2v) is 22.1. The van der Waals surface area contributed by atoms with Crippen LogP contribution in [0.25, 0.3) is 0 Å². The van der Waals surface area contributed by atoms with Crippen molar-refractivity contribution < 1.29 is 33.5 Å². The molecular formula is C39H77N5O7Si. The van der Waals surface area contributed by atoms with Crippen molar-refractivity contribution in [3.05, 3.63) is 0 Å². The number of amides is 5. The summed E-state index contributed by atoms with van der Waals surface area (Å²) in [5, 5.41) is 15.0. The molecule has 304 valence electrons. The minimum absolute atomic E-state index is 0.0361. The van der Waals surface area contributed by atoms with Crippen molar-refractivity contribution >= 4 is 37.9 Å². The van der Waals surface area contributed by atoms with Crippen LogP contribution in [-0.2, 0) is 28.4 Å². The van der Waals surface area contributed by atoms with E-state index < -0.39 is 50.4 Å². The molecule has 0 aromatic rings. The van der Waals surface area contributed by atoms with E-state index >= 15 is 0 Å². The van der Waals surface area contributed by atoms with Gasteiger partial charge < -0.3 is 34.9 Å². The Hall–Kier alpha value is -2.51. The summed E-state index contributed by atoms with van der Waals surface area (Å²) in [6.45, 7) is 26.0. The van der Waals surface area contributed by atoms with Crippen molar-refractivity contribution in [2.45, 2.75) is 163 Å². The monoisotopic (exact) mass is 756 g/mol. The topological polar surface area (TPSA) is 149 Å². The SMILES string of the molecule is CC[C@H](NC(=O)[C@H]([C@H](O[Si](C)(C)C(C)(C)C)[C@H](C)CCCO)N(C)C(=O)[C@H](C(C)C)N(C)C(=O)[C@H](CC(C)C)N(C)C(=O)CCC(C)C)C(=O)NC. The van der Waals surface area contributed by atoms with Gasteiger partial charge in [-0.05, 0) is 73.9 Å². The van der Waals surface area contributed by atoms with E-state index in [4.69, 9.17) is 4.43 Å². The highest BCUT2D eigenvalue weighted by atomic mass is 28.4. The molecule has 13 heteroatoms. The van der Waals surface area contributed by atoms with Gasteiger partial charge in [0.05, 0.1) is 6.10 Å². The van der Waals surface area contributed by atoms with Gasteiger partial charge in [-0.25, -0.2) is 0 Å². The standard InChI is InChI=1S/C39H77N5O7Si/c1-18-29(35(47)40-12)41-36(48)33(34(28(8)20-19-23-45)51-52(16,17)39(9,10)11)44(15)38(50)32(27(6)7)43(14)37(49)30(24-26(4)5)42(13)31(46)22-21-25(2)3/h25-30,32-34,45H,18-24H2,1-17H3,(H,40,47)(H,41,48)/t28-,29+,30+,32+,33+,34-/m1/s1. The number of aliphatic hydroxyl groups excluding tert-OH is 1. The first-order valence-corrected chi connectivity index (χ1v) is 22.3. The van der Waals surface area contributed by atoms with Crippen LogP contribution < -0.4 is 10.6 Å². The largest absolute Gasteiger partial charge is 0.411 e. The van der Waals surface area contributed by atoms with Crippen LogP contribution in [0.15, 0.2) is 0 Å². The molecule has 0 bridgehead atoms. The first kappa shape index (κ1) is 49.5. The minimum atomic E-state index is -2.55. The Labute approximate surface area is 317 Å². The van der Waals surface area contributed by atoms with Crippen LogP contribution in [0, 0.1) is 23.7 Å². The molecule has 52 heavy (non-hydrogen) atoms. The molecule has 0 heterocycles. The molecular weight excluding hydrogens is 679 g/mol. The third-order valence-electron chi connectivity index (χ3n) is 10.7. The maximum absolute atomic E-state index is 14.9. The second kappa shape index (κ2) is 22.0. The van der Waals surface area contributed by atoms with E-state index in [1.54, 1.807) is 28.1 Å². The van der Waals surface area contributed by atoms with Crippen LogP contribution in [0.5, 0.6) is 0 Å². The quantitative estimate of drug-likeness (QED) is 0.131. The molecule has 6 atom stereocenters. The summed E-state index contributed by atoms with van der Waals surface area (Å²) < 4.78 is 7.02. The molecule has 5 amide bonds. The number of hydrogen-bond donors (Lipinski definition) is 3. The van der Waals surface area contributed by atoms with Gasteiger partial charge in [-0.3, -0.25) is 24.0 Å². The Balaban J connectivity index is 7.27. The van der Waals surface area contributed by atoms with E-state index in [-0.39, 0.29) is 47.1 Å². The minimum Gasteiger partial charge on any atom is -0.411 e. The number of aliphatic hydroxyl groups is 1. The predicted molar refractivity (Wildman–Crippen MR) is 212 cm³/mol. The number of likely N-dealkylation sites (N-methyl/N-ethyl adjacent to an activating group) is 4. The van der Waals surface area contributed by atoms with Crippen molar-refractivity contribution in [2.24, 2.45) is 23.7 Å². The average molecular weight is 756 g/mol. The van der Waals surface area contributed by atoms with Gasteiger partial charge in [0.2, 0.25) is 29.5 Å². The molecule has 0 aliphatic carbocycles. The van der Waals surface area contributed by atoms with Gasteiger partial charge in [-0.15, -0.1) is 0 Å². The van der Waals surface area contributed by atoms with Gasteiger partial charge in [0.25, 0.3) is 0 Å². The number of rotatable bonds is 22. The van der Waals surface area contributed by atoms with Crippen LogP contribution >= 0.6 is 0 Å². The van der Waals surface area contributed by atoms with Gasteiger partial charge in [-0.1, -0.05) is 76.2 Å². The van der Waals surface area contributed by atoms with E-state index in [1.807, 2.05) is 34.6 Å². The molecule has 0 radical (unpaired) electrons. The summed E-state index contributed by atoms with van der Waals surface area (Å²) in [5.41, 5.74) is 0. The summed E-state index contributed by atoms with van der Waals surface area (Å²) >= 11 is 0. The molecule has 12 nitrogen and oxygen atoms in total. The van der Waals surface area contributed by atoms with E-state index in [2.05, 4.69) is 58.3 Å². The zero-order chi connectivity index (χ0) is 40.9. The smallest absolute Gasteiger partial charge is 0.246 e. The molecule has 0 aromatic heterocycles. The first-order chi connectivity index (χ1) is 23.8. The highest BCUT2D eigenvalue weighted by Crippen LogP contribution is 2.39. The molecule has 0 fully saturated rings. The van der Waals surface area contributed by atoms with Crippen molar-refractivity contribution in [2.75, 3.05) is 34.8 Å². The van der Waals surface area contributed by atoms with Crippen LogP contribution in [0.4, 0.5) is 0 Å². The summed E-state index contributed by atoms with van der Waals surface area (Å²) in [5.74, 6) is -1.97. The molecule has 3 N–H and O–H groups in total. The molecule has 0 saturated heterocycles. The van der Waals surface area contributed by atoms with Gasteiger partial charge in [0.15, 0.2) is 8.32 Å². The van der Waals surface area contributed by atoms with Crippen LogP contribution in [0.1, 0.15) is 115 Å². The summed E-state index contributed by atoms with van der Waals surface area (Å²) in [7, 11) is 3.77. The fraction of sp³-hybridized carbons (Fsp3) is 0.872. The maximum Gasteiger partial charge on any atom is 0.246 e. The normalized spacial score (nSPS) is 15.8. The second-order valence-electron chi connectivity index (χ2n) is 17.4. The first-order valence-electron chi connectivity index (χ1n) is 19.4. The fourth-order valence-electron chi connectivity index (χ4n) is 6.17. The Bertz CT molecular complexity index is 1160. The van der Waals surface area contributed by atoms with Gasteiger partial charge in [0, 0.05) is 41.2 Å². The number of nitrogens with one attached hydrogen (secondary N) is 2. The molecule has 0 rings (SSSR count). The van der Waals surface area contributed by atoms with Crippen molar-refractivity contribution in [1.29, 1.82) is 0 Å². The fourth-order valence-corrected chi connectivity index (χ4v) is 7.56. The molecule has 0 aliphatic rings. The van der Waals surface area contributed by atoms with Gasteiger partial charge >= 0.3 is 0 Å². The Kier molecular flexibility index (Phi) is 20.9. The molecule has 0 unspecified atom stereocenters. The zero-order valence-electron chi connectivity index (χ0n) is 35.9. The van der Waals surface area contributed by atoms with Gasteiger partial charge in [0.1, 0.15) is 24.2 Å². The zero-order valence-corrected chi connectivity index (χ0v) is 36.9. The number of hydrogen-bond acceptors (Lipinski definition) is 7. The van der Waals surface area contributed by atoms with Gasteiger partial charge in [-0.2, -0.15) is 0 Å². The Morgan fingerprint density at radius 1 is 0.788 bits per heavy atom. The lowest BCUT2D eigenvalue weighted by Crippen LogP contribution is -2.64. The van der Waals surface area contributed by atoms with Crippen LogP contribution in [0.3, 0.4) is 0 Å². The predicted octanol–water partition coefficient (Wildman–Crippen LogP) is 5.05. The third-order valence-corrected chi connectivity index (χ3v) is 15.1. The third kappa shape index (κ3) is 14.4. The van der Waals surface area contributed by atoms with E-state index in [0.717, 1.165) is 0 Å². The maximum atomic E-state index is 14.9. The number of nitrogens with zero attached hydrogens (tertiary/aromatic N) is 3. The van der Waals surface area contributed by atoms with E-state index in [1.165, 1.54) is 21.7 Å². The summed E-state index contributed by atoms with van der Waals surface area (Å²) in [6, 6.07) is -3.74. The lowest BCUT2D eigenvalue weighted by Gasteiger charge is -2.46. The molecule has 0 saturated carbocycles. The summed E-state index contributed by atoms with van der Waals surface area (Å²) in [6.07, 6.45) is 2.02. The highest BCUT2D eigenvalue weighted by molar-refractivity contribution is 6.74. The summed E-state index contributed by atoms with van der Waals surface area (Å²) in [4.78, 5) is 74.1.